The monoisotopic (exact) mass is 204 g/mol. The predicted octanol–water partition coefficient (Wildman–Crippen LogP) is 2.22. The van der Waals surface area contributed by atoms with Crippen molar-refractivity contribution in [3.05, 3.63) is 35.9 Å². The smallest absolute Gasteiger partial charge is 0.0126 e. The van der Waals surface area contributed by atoms with Crippen molar-refractivity contribution in [3.63, 3.8) is 0 Å². The molecule has 0 aliphatic rings. The van der Waals surface area contributed by atoms with Crippen LogP contribution < -0.4 is 5.73 Å². The third-order valence-corrected chi connectivity index (χ3v) is 2.65. The number of nitrogens with two attached hydrogens (primary N) is 1. The Morgan fingerprint density at radius 1 is 1.21 bits per heavy atom. The van der Waals surface area contributed by atoms with Crippen LogP contribution >= 0.6 is 0 Å². The summed E-state index contributed by atoms with van der Waals surface area (Å²) in [4.78, 5) is 0. The van der Waals surface area contributed by atoms with Crippen LogP contribution in [0.1, 0.15) is 26.3 Å². The standard InChI is InChI=1S/C12H19N.Al/c1-10(12(2,3)13)9-11-7-5-4-6-8-11;/h4-8,10H,9,13H2,1-3H3;. The van der Waals surface area contributed by atoms with E-state index in [0.29, 0.717) is 5.92 Å². The van der Waals surface area contributed by atoms with E-state index in [1.807, 2.05) is 6.07 Å². The van der Waals surface area contributed by atoms with Crippen molar-refractivity contribution < 1.29 is 0 Å². The molecule has 1 aromatic rings. The normalized spacial score (nSPS) is 13.1. The summed E-state index contributed by atoms with van der Waals surface area (Å²) >= 11 is 0. The molecule has 0 heterocycles. The summed E-state index contributed by atoms with van der Waals surface area (Å²) in [5.74, 6) is 0.509. The maximum atomic E-state index is 6.03. The molecule has 0 amide bonds. The van der Waals surface area contributed by atoms with E-state index >= 15 is 0 Å². The summed E-state index contributed by atoms with van der Waals surface area (Å²) in [5.41, 5.74) is 7.31. The third kappa shape index (κ3) is 4.28. The van der Waals surface area contributed by atoms with Crippen molar-refractivity contribution in [2.45, 2.75) is 32.7 Å². The van der Waals surface area contributed by atoms with Gasteiger partial charge in [-0.2, -0.15) is 0 Å². The maximum absolute atomic E-state index is 6.03. The molecule has 1 rings (SSSR count). The van der Waals surface area contributed by atoms with E-state index < -0.39 is 0 Å². The molecule has 0 saturated carbocycles. The number of rotatable bonds is 3. The molecule has 0 saturated heterocycles. The molecule has 0 aliphatic heterocycles. The van der Waals surface area contributed by atoms with E-state index in [1.165, 1.54) is 5.56 Å². The van der Waals surface area contributed by atoms with E-state index in [1.54, 1.807) is 0 Å². The van der Waals surface area contributed by atoms with E-state index in [4.69, 9.17) is 5.73 Å². The SMILES string of the molecule is CC(Cc1ccccc1)C(C)(C)N.[Al]. The first-order valence-corrected chi connectivity index (χ1v) is 4.83. The lowest BCUT2D eigenvalue weighted by molar-refractivity contribution is 0.344. The molecule has 0 aliphatic carbocycles. The van der Waals surface area contributed by atoms with Crippen molar-refractivity contribution in [3.8, 4) is 0 Å². The summed E-state index contributed by atoms with van der Waals surface area (Å²) in [7, 11) is 0. The van der Waals surface area contributed by atoms with Gasteiger partial charge >= 0.3 is 0 Å². The van der Waals surface area contributed by atoms with Gasteiger partial charge in [-0.15, -0.1) is 0 Å². The Morgan fingerprint density at radius 2 is 1.71 bits per heavy atom. The highest BCUT2D eigenvalue weighted by Crippen LogP contribution is 2.17. The quantitative estimate of drug-likeness (QED) is 0.751. The second-order valence-corrected chi connectivity index (χ2v) is 4.41. The number of benzene rings is 1. The van der Waals surface area contributed by atoms with Gasteiger partial charge in [-0.3, -0.25) is 0 Å². The summed E-state index contributed by atoms with van der Waals surface area (Å²) in [6.45, 7) is 6.37. The fourth-order valence-electron chi connectivity index (χ4n) is 1.23. The predicted molar refractivity (Wildman–Crippen MR) is 63.3 cm³/mol. The topological polar surface area (TPSA) is 26.0 Å². The van der Waals surface area contributed by atoms with Gasteiger partial charge < -0.3 is 5.73 Å². The number of hydrogen-bond acceptors (Lipinski definition) is 1. The highest BCUT2D eigenvalue weighted by Gasteiger charge is 2.20. The van der Waals surface area contributed by atoms with Gasteiger partial charge in [0, 0.05) is 22.9 Å². The van der Waals surface area contributed by atoms with Gasteiger partial charge in [-0.25, -0.2) is 0 Å². The van der Waals surface area contributed by atoms with Crippen molar-refractivity contribution in [2.75, 3.05) is 0 Å². The van der Waals surface area contributed by atoms with Gasteiger partial charge in [0.25, 0.3) is 0 Å². The maximum Gasteiger partial charge on any atom is 0.0126 e. The van der Waals surface area contributed by atoms with Crippen LogP contribution in [0, 0.1) is 5.92 Å². The van der Waals surface area contributed by atoms with Crippen LogP contribution in [-0.2, 0) is 6.42 Å². The molecule has 0 spiro atoms. The Hall–Kier alpha value is -0.288. The van der Waals surface area contributed by atoms with E-state index in [9.17, 15) is 0 Å². The molecule has 2 heteroatoms. The summed E-state index contributed by atoms with van der Waals surface area (Å²) in [5, 5.41) is 0. The third-order valence-electron chi connectivity index (χ3n) is 2.65. The van der Waals surface area contributed by atoms with Gasteiger partial charge in [0.1, 0.15) is 0 Å². The summed E-state index contributed by atoms with van der Waals surface area (Å²) in [6, 6.07) is 10.5. The van der Waals surface area contributed by atoms with Crippen LogP contribution in [0.15, 0.2) is 30.3 Å². The van der Waals surface area contributed by atoms with E-state index in [-0.39, 0.29) is 22.9 Å². The molecule has 0 aromatic heterocycles. The fourth-order valence-corrected chi connectivity index (χ4v) is 1.23. The first kappa shape index (κ1) is 13.7. The Labute approximate surface area is 97.8 Å². The Bertz CT molecular complexity index is 251. The van der Waals surface area contributed by atoms with Crippen LogP contribution in [-0.4, -0.2) is 22.9 Å². The Balaban J connectivity index is 0.00000169. The molecule has 3 radical (unpaired) electrons. The average molecular weight is 204 g/mol. The highest BCUT2D eigenvalue weighted by molar-refractivity contribution is 5.75. The minimum atomic E-state index is -0.0875. The van der Waals surface area contributed by atoms with Gasteiger partial charge in [-0.05, 0) is 31.7 Å². The largest absolute Gasteiger partial charge is 0.325 e. The van der Waals surface area contributed by atoms with Crippen LogP contribution in [0.2, 0.25) is 0 Å². The molecular formula is C12H19AlN. The molecule has 0 fully saturated rings. The van der Waals surface area contributed by atoms with Crippen LogP contribution in [0.4, 0.5) is 0 Å². The average Bonchev–Trinajstić information content (AvgIpc) is 2.04. The first-order valence-electron chi connectivity index (χ1n) is 4.83. The van der Waals surface area contributed by atoms with E-state index in [2.05, 4.69) is 45.0 Å². The zero-order valence-electron chi connectivity index (χ0n) is 9.33. The Morgan fingerprint density at radius 3 is 2.14 bits per heavy atom. The zero-order valence-corrected chi connectivity index (χ0v) is 10.5. The van der Waals surface area contributed by atoms with Gasteiger partial charge in [0.2, 0.25) is 0 Å². The molecule has 1 aromatic carbocycles. The summed E-state index contributed by atoms with van der Waals surface area (Å²) in [6.07, 6.45) is 1.06. The number of hydrogen-bond donors (Lipinski definition) is 1. The molecule has 0 bridgehead atoms. The minimum absolute atomic E-state index is 0. The van der Waals surface area contributed by atoms with Crippen LogP contribution in [0.5, 0.6) is 0 Å². The van der Waals surface area contributed by atoms with E-state index in [0.717, 1.165) is 6.42 Å². The lowest BCUT2D eigenvalue weighted by Crippen LogP contribution is -2.40. The van der Waals surface area contributed by atoms with Crippen molar-refractivity contribution >= 4 is 17.4 Å². The van der Waals surface area contributed by atoms with Crippen molar-refractivity contribution in [2.24, 2.45) is 11.7 Å². The first-order chi connectivity index (χ1) is 6.00. The highest BCUT2D eigenvalue weighted by atomic mass is 27.0. The molecule has 1 atom stereocenters. The van der Waals surface area contributed by atoms with Gasteiger partial charge in [-0.1, -0.05) is 37.3 Å². The fraction of sp³-hybridized carbons (Fsp3) is 0.500. The second kappa shape index (κ2) is 5.56. The lowest BCUT2D eigenvalue weighted by atomic mass is 9.85. The van der Waals surface area contributed by atoms with Crippen molar-refractivity contribution in [1.29, 1.82) is 0 Å². The zero-order chi connectivity index (χ0) is 9.90. The molecule has 75 valence electrons. The molecule has 2 N–H and O–H groups in total. The van der Waals surface area contributed by atoms with Crippen LogP contribution in [0.3, 0.4) is 0 Å². The molecular weight excluding hydrogens is 185 g/mol. The second-order valence-electron chi connectivity index (χ2n) is 4.41. The van der Waals surface area contributed by atoms with Gasteiger partial charge in [0.05, 0.1) is 0 Å². The summed E-state index contributed by atoms with van der Waals surface area (Å²) < 4.78 is 0. The molecule has 1 nitrogen and oxygen atoms in total. The molecule has 14 heavy (non-hydrogen) atoms. The Kier molecular flexibility index (Phi) is 5.44. The lowest BCUT2D eigenvalue weighted by Gasteiger charge is -2.27. The van der Waals surface area contributed by atoms with Crippen LogP contribution in [0.25, 0.3) is 0 Å². The molecule has 1 unspecified atom stereocenters. The van der Waals surface area contributed by atoms with Crippen molar-refractivity contribution in [1.82, 2.24) is 0 Å². The minimum Gasteiger partial charge on any atom is -0.325 e. The van der Waals surface area contributed by atoms with Gasteiger partial charge in [0.15, 0.2) is 0 Å².